The Bertz CT molecular complexity index is 417. The van der Waals surface area contributed by atoms with Gasteiger partial charge in [-0.1, -0.05) is 6.07 Å². The van der Waals surface area contributed by atoms with Gasteiger partial charge in [0.05, 0.1) is 6.61 Å². The first-order valence-electron chi connectivity index (χ1n) is 5.46. The van der Waals surface area contributed by atoms with Crippen LogP contribution in [0.4, 0.5) is 8.78 Å². The molecule has 0 bridgehead atoms. The Morgan fingerprint density at radius 1 is 1.47 bits per heavy atom. The average molecular weight is 241 g/mol. The fourth-order valence-corrected chi connectivity index (χ4v) is 1.74. The Kier molecular flexibility index (Phi) is 3.81. The number of ketones is 1. The molecule has 0 amide bonds. The van der Waals surface area contributed by atoms with Gasteiger partial charge in [0.2, 0.25) is 0 Å². The second-order valence-corrected chi connectivity index (χ2v) is 3.94. The van der Waals surface area contributed by atoms with Crippen molar-refractivity contribution in [1.29, 1.82) is 0 Å². The Morgan fingerprint density at radius 3 is 2.94 bits per heavy atom. The maximum atomic E-state index is 13.3. The second-order valence-electron chi connectivity index (χ2n) is 3.94. The molecule has 1 unspecified atom stereocenters. The summed E-state index contributed by atoms with van der Waals surface area (Å²) in [5.74, 6) is -1.53. The smallest absolute Gasteiger partial charge is 0.167 e. The molecule has 1 saturated heterocycles. The van der Waals surface area contributed by atoms with E-state index in [4.69, 9.17) is 4.74 Å². The van der Waals surface area contributed by atoms with Crippen LogP contribution >= 0.6 is 0 Å². The van der Waals surface area contributed by atoms with Gasteiger partial charge < -0.3 is 10.1 Å². The van der Waals surface area contributed by atoms with E-state index in [-0.39, 0.29) is 17.8 Å². The third kappa shape index (κ3) is 3.08. The summed E-state index contributed by atoms with van der Waals surface area (Å²) in [4.78, 5) is 11.8. The van der Waals surface area contributed by atoms with E-state index in [2.05, 4.69) is 5.32 Å². The Hall–Kier alpha value is -1.33. The molecule has 1 atom stereocenters. The van der Waals surface area contributed by atoms with Crippen molar-refractivity contribution in [3.05, 3.63) is 35.4 Å². The lowest BCUT2D eigenvalue weighted by molar-refractivity contribution is -0.131. The molecule has 2 rings (SSSR count). The van der Waals surface area contributed by atoms with Crippen molar-refractivity contribution in [2.75, 3.05) is 19.7 Å². The zero-order valence-electron chi connectivity index (χ0n) is 9.21. The summed E-state index contributed by atoms with van der Waals surface area (Å²) in [5, 5.41) is 3.03. The van der Waals surface area contributed by atoms with E-state index in [1.165, 1.54) is 6.07 Å². The van der Waals surface area contributed by atoms with Crippen molar-refractivity contribution in [2.45, 2.75) is 12.5 Å². The predicted octanol–water partition coefficient (Wildman–Crippen LogP) is 1.06. The Morgan fingerprint density at radius 2 is 2.29 bits per heavy atom. The minimum Gasteiger partial charge on any atom is -0.368 e. The summed E-state index contributed by atoms with van der Waals surface area (Å²) in [6.07, 6.45) is -0.605. The van der Waals surface area contributed by atoms with Crippen LogP contribution in [0.15, 0.2) is 18.2 Å². The maximum Gasteiger partial charge on any atom is 0.167 e. The molecule has 0 aromatic heterocycles. The molecule has 0 saturated carbocycles. The van der Waals surface area contributed by atoms with Gasteiger partial charge in [-0.2, -0.15) is 0 Å². The first kappa shape index (κ1) is 12.1. The Labute approximate surface area is 97.8 Å². The van der Waals surface area contributed by atoms with Crippen LogP contribution in [0.5, 0.6) is 0 Å². The first-order valence-corrected chi connectivity index (χ1v) is 5.46. The number of ether oxygens (including phenoxy) is 1. The van der Waals surface area contributed by atoms with E-state index < -0.39 is 17.7 Å². The second kappa shape index (κ2) is 5.33. The number of carbonyl (C=O) groups excluding carboxylic acids is 1. The number of morpholine rings is 1. The van der Waals surface area contributed by atoms with Crippen LogP contribution in [0, 0.1) is 11.6 Å². The molecule has 0 aliphatic carbocycles. The minimum absolute atomic E-state index is 0.0710. The van der Waals surface area contributed by atoms with Gasteiger partial charge in [-0.25, -0.2) is 8.78 Å². The van der Waals surface area contributed by atoms with Gasteiger partial charge >= 0.3 is 0 Å². The molecule has 1 aliphatic heterocycles. The molecule has 3 nitrogen and oxygen atoms in total. The topological polar surface area (TPSA) is 38.3 Å². The lowest BCUT2D eigenvalue weighted by Crippen LogP contribution is -2.43. The summed E-state index contributed by atoms with van der Waals surface area (Å²) in [5.41, 5.74) is 0.200. The average Bonchev–Trinajstić information content (AvgIpc) is 2.34. The molecular weight excluding hydrogens is 228 g/mol. The van der Waals surface area contributed by atoms with E-state index in [0.29, 0.717) is 19.7 Å². The molecular formula is C12H13F2NO2. The van der Waals surface area contributed by atoms with Gasteiger partial charge in [0.1, 0.15) is 17.7 Å². The SMILES string of the molecule is O=C(Cc1ccc(F)cc1F)C1CNCCO1. The molecule has 1 aliphatic rings. The summed E-state index contributed by atoms with van der Waals surface area (Å²) < 4.78 is 31.3. The molecule has 1 fully saturated rings. The van der Waals surface area contributed by atoms with Crippen LogP contribution in [0.3, 0.4) is 0 Å². The summed E-state index contributed by atoms with van der Waals surface area (Å²) >= 11 is 0. The molecule has 1 heterocycles. The number of hydrogen-bond donors (Lipinski definition) is 1. The number of nitrogens with one attached hydrogen (secondary N) is 1. The molecule has 5 heteroatoms. The number of carbonyl (C=O) groups is 1. The van der Waals surface area contributed by atoms with Gasteiger partial charge in [0, 0.05) is 25.6 Å². The summed E-state index contributed by atoms with van der Waals surface area (Å²) in [7, 11) is 0. The van der Waals surface area contributed by atoms with Crippen molar-refractivity contribution < 1.29 is 18.3 Å². The van der Waals surface area contributed by atoms with Crippen LogP contribution in [0.2, 0.25) is 0 Å². The van der Waals surface area contributed by atoms with E-state index >= 15 is 0 Å². The highest BCUT2D eigenvalue weighted by Crippen LogP contribution is 2.12. The maximum absolute atomic E-state index is 13.3. The standard InChI is InChI=1S/C12H13F2NO2/c13-9-2-1-8(10(14)6-9)5-11(16)12-7-15-3-4-17-12/h1-2,6,12,15H,3-5,7H2. The zero-order valence-corrected chi connectivity index (χ0v) is 9.21. The normalized spacial score (nSPS) is 20.2. The lowest BCUT2D eigenvalue weighted by Gasteiger charge is -2.22. The first-order chi connectivity index (χ1) is 8.16. The molecule has 0 radical (unpaired) electrons. The van der Waals surface area contributed by atoms with Gasteiger partial charge in [-0.15, -0.1) is 0 Å². The molecule has 0 spiro atoms. The fourth-order valence-electron chi connectivity index (χ4n) is 1.74. The number of benzene rings is 1. The van der Waals surface area contributed by atoms with Crippen molar-refractivity contribution >= 4 is 5.78 Å². The van der Waals surface area contributed by atoms with Gasteiger partial charge in [-0.05, 0) is 11.6 Å². The summed E-state index contributed by atoms with van der Waals surface area (Å²) in [6.45, 7) is 1.64. The Balaban J connectivity index is 2.02. The highest BCUT2D eigenvalue weighted by Gasteiger charge is 2.22. The van der Waals surface area contributed by atoms with Crippen LogP contribution in [-0.2, 0) is 16.0 Å². The quantitative estimate of drug-likeness (QED) is 0.860. The number of Topliss-reactive ketones (excluding diaryl/α,β-unsaturated/α-hetero) is 1. The number of rotatable bonds is 3. The molecule has 1 aromatic carbocycles. The van der Waals surface area contributed by atoms with Crippen LogP contribution < -0.4 is 5.32 Å². The minimum atomic E-state index is -0.692. The third-order valence-electron chi connectivity index (χ3n) is 2.67. The van der Waals surface area contributed by atoms with Crippen LogP contribution in [-0.4, -0.2) is 31.6 Å². The largest absolute Gasteiger partial charge is 0.368 e. The van der Waals surface area contributed by atoms with Crippen LogP contribution in [0.25, 0.3) is 0 Å². The third-order valence-corrected chi connectivity index (χ3v) is 2.67. The zero-order chi connectivity index (χ0) is 12.3. The van der Waals surface area contributed by atoms with E-state index in [1.54, 1.807) is 0 Å². The highest BCUT2D eigenvalue weighted by atomic mass is 19.1. The van der Waals surface area contributed by atoms with Gasteiger partial charge in [0.25, 0.3) is 0 Å². The molecule has 17 heavy (non-hydrogen) atoms. The number of hydrogen-bond acceptors (Lipinski definition) is 3. The van der Waals surface area contributed by atoms with Crippen molar-refractivity contribution in [2.24, 2.45) is 0 Å². The molecule has 92 valence electrons. The summed E-state index contributed by atoms with van der Waals surface area (Å²) in [6, 6.07) is 3.22. The van der Waals surface area contributed by atoms with E-state index in [0.717, 1.165) is 12.1 Å². The highest BCUT2D eigenvalue weighted by molar-refractivity contribution is 5.85. The lowest BCUT2D eigenvalue weighted by atomic mass is 10.0. The predicted molar refractivity (Wildman–Crippen MR) is 57.7 cm³/mol. The fraction of sp³-hybridized carbons (Fsp3) is 0.417. The van der Waals surface area contributed by atoms with E-state index in [1.807, 2.05) is 0 Å². The van der Waals surface area contributed by atoms with Crippen molar-refractivity contribution in [3.8, 4) is 0 Å². The van der Waals surface area contributed by atoms with Crippen LogP contribution in [0.1, 0.15) is 5.56 Å². The molecule has 1 N–H and O–H groups in total. The van der Waals surface area contributed by atoms with E-state index in [9.17, 15) is 13.6 Å². The van der Waals surface area contributed by atoms with Crippen molar-refractivity contribution in [3.63, 3.8) is 0 Å². The van der Waals surface area contributed by atoms with Gasteiger partial charge in [-0.3, -0.25) is 4.79 Å². The van der Waals surface area contributed by atoms with Crippen molar-refractivity contribution in [1.82, 2.24) is 5.32 Å². The number of halogens is 2. The monoisotopic (exact) mass is 241 g/mol. The van der Waals surface area contributed by atoms with Gasteiger partial charge in [0.15, 0.2) is 5.78 Å². The molecule has 1 aromatic rings.